The molecule has 28 heavy (non-hydrogen) atoms. The van der Waals surface area contributed by atoms with Gasteiger partial charge in [0.1, 0.15) is 6.61 Å². The van der Waals surface area contributed by atoms with E-state index in [9.17, 15) is 14.4 Å². The summed E-state index contributed by atoms with van der Waals surface area (Å²) in [6.07, 6.45) is 2.71. The largest absolute Gasteiger partial charge is 0.445 e. The minimum atomic E-state index is -0.404. The average molecular weight is 387 g/mol. The monoisotopic (exact) mass is 387 g/mol. The second-order valence-corrected chi connectivity index (χ2v) is 7.59. The van der Waals surface area contributed by atoms with Crippen LogP contribution in [0, 0.1) is 5.92 Å². The van der Waals surface area contributed by atoms with Crippen molar-refractivity contribution in [3.05, 3.63) is 35.9 Å². The van der Waals surface area contributed by atoms with E-state index in [0.717, 1.165) is 31.2 Å². The molecular formula is C21H29N3O4. The number of alkyl carbamates (subject to hydrolysis) is 1. The Bertz CT molecular complexity index is 678. The van der Waals surface area contributed by atoms with Gasteiger partial charge in [-0.2, -0.15) is 0 Å². The van der Waals surface area contributed by atoms with Crippen molar-refractivity contribution in [1.29, 1.82) is 0 Å². The molecule has 7 heteroatoms. The zero-order chi connectivity index (χ0) is 19.9. The zero-order valence-corrected chi connectivity index (χ0v) is 16.4. The van der Waals surface area contributed by atoms with Gasteiger partial charge in [-0.05, 0) is 31.2 Å². The highest BCUT2D eigenvalue weighted by molar-refractivity contribution is 5.79. The molecule has 3 amide bonds. The first-order valence-electron chi connectivity index (χ1n) is 10.0. The lowest BCUT2D eigenvalue weighted by Gasteiger charge is -2.37. The first-order chi connectivity index (χ1) is 13.5. The SMILES string of the molecule is CC(=O)N1CCN(C(=O)C2CCC(NC(=O)OCc3ccccc3)CC2)CC1. The summed E-state index contributed by atoms with van der Waals surface area (Å²) >= 11 is 0. The number of amides is 3. The summed E-state index contributed by atoms with van der Waals surface area (Å²) in [7, 11) is 0. The number of piperazine rings is 1. The van der Waals surface area contributed by atoms with Gasteiger partial charge in [-0.3, -0.25) is 9.59 Å². The lowest BCUT2D eigenvalue weighted by molar-refractivity contribution is -0.142. The molecule has 1 aromatic rings. The number of benzene rings is 1. The van der Waals surface area contributed by atoms with E-state index < -0.39 is 6.09 Å². The van der Waals surface area contributed by atoms with Crippen molar-refractivity contribution in [3.8, 4) is 0 Å². The number of ether oxygens (including phenoxy) is 1. The number of rotatable bonds is 4. The Balaban J connectivity index is 1.36. The first-order valence-corrected chi connectivity index (χ1v) is 10.0. The Morgan fingerprint density at radius 3 is 2.18 bits per heavy atom. The smallest absolute Gasteiger partial charge is 0.407 e. The normalized spacial score (nSPS) is 22.5. The maximum absolute atomic E-state index is 12.7. The molecule has 1 saturated carbocycles. The molecule has 2 fully saturated rings. The first kappa shape index (κ1) is 20.2. The molecule has 0 unspecified atom stereocenters. The summed E-state index contributed by atoms with van der Waals surface area (Å²) in [4.78, 5) is 39.8. The summed E-state index contributed by atoms with van der Waals surface area (Å²) in [6, 6.07) is 9.64. The van der Waals surface area contributed by atoms with Gasteiger partial charge < -0.3 is 19.9 Å². The molecule has 1 aliphatic carbocycles. The standard InChI is InChI=1S/C21H29N3O4/c1-16(25)23-11-13-24(14-12-23)20(26)18-7-9-19(10-8-18)22-21(27)28-15-17-5-3-2-4-6-17/h2-6,18-19H,7-15H2,1H3,(H,22,27). The van der Waals surface area contributed by atoms with Crippen LogP contribution in [-0.2, 0) is 20.9 Å². The molecule has 0 spiro atoms. The van der Waals surface area contributed by atoms with Crippen LogP contribution in [0.15, 0.2) is 30.3 Å². The van der Waals surface area contributed by atoms with Crippen LogP contribution in [0.2, 0.25) is 0 Å². The van der Waals surface area contributed by atoms with Gasteiger partial charge in [0.2, 0.25) is 11.8 Å². The van der Waals surface area contributed by atoms with Crippen molar-refractivity contribution in [2.45, 2.75) is 45.3 Å². The van der Waals surface area contributed by atoms with Crippen molar-refractivity contribution in [3.63, 3.8) is 0 Å². The molecule has 1 aromatic carbocycles. The van der Waals surface area contributed by atoms with Gasteiger partial charge >= 0.3 is 6.09 Å². The molecular weight excluding hydrogens is 358 g/mol. The topological polar surface area (TPSA) is 79.0 Å². The summed E-state index contributed by atoms with van der Waals surface area (Å²) in [5, 5.41) is 2.92. The van der Waals surface area contributed by atoms with Gasteiger partial charge in [0.25, 0.3) is 0 Å². The number of hydrogen-bond acceptors (Lipinski definition) is 4. The van der Waals surface area contributed by atoms with E-state index in [0.29, 0.717) is 26.2 Å². The lowest BCUT2D eigenvalue weighted by atomic mass is 9.85. The third-order valence-corrected chi connectivity index (χ3v) is 5.65. The Hall–Kier alpha value is -2.57. The van der Waals surface area contributed by atoms with Crippen LogP contribution in [0.4, 0.5) is 4.79 Å². The minimum absolute atomic E-state index is 0.0160. The van der Waals surface area contributed by atoms with Gasteiger partial charge in [0.15, 0.2) is 0 Å². The maximum atomic E-state index is 12.7. The third kappa shape index (κ3) is 5.47. The third-order valence-electron chi connectivity index (χ3n) is 5.65. The fraction of sp³-hybridized carbons (Fsp3) is 0.571. The van der Waals surface area contributed by atoms with E-state index in [1.165, 1.54) is 0 Å². The van der Waals surface area contributed by atoms with Crippen LogP contribution in [0.25, 0.3) is 0 Å². The van der Waals surface area contributed by atoms with Crippen molar-refractivity contribution in [2.75, 3.05) is 26.2 Å². The fourth-order valence-corrected chi connectivity index (χ4v) is 3.92. The number of carbonyl (C=O) groups is 3. The number of hydrogen-bond donors (Lipinski definition) is 1. The van der Waals surface area contributed by atoms with Crippen LogP contribution in [0.3, 0.4) is 0 Å². The minimum Gasteiger partial charge on any atom is -0.445 e. The second-order valence-electron chi connectivity index (χ2n) is 7.59. The summed E-state index contributed by atoms with van der Waals surface area (Å²) in [6.45, 7) is 4.28. The van der Waals surface area contributed by atoms with Gasteiger partial charge in [-0.1, -0.05) is 30.3 Å². The van der Waals surface area contributed by atoms with E-state index in [2.05, 4.69) is 5.32 Å². The highest BCUT2D eigenvalue weighted by Gasteiger charge is 2.32. The van der Waals surface area contributed by atoms with Crippen molar-refractivity contribution in [1.82, 2.24) is 15.1 Å². The maximum Gasteiger partial charge on any atom is 0.407 e. The van der Waals surface area contributed by atoms with Gasteiger partial charge in [-0.15, -0.1) is 0 Å². The number of nitrogens with one attached hydrogen (secondary N) is 1. The molecule has 0 aromatic heterocycles. The summed E-state index contributed by atoms with van der Waals surface area (Å²) < 4.78 is 5.27. The van der Waals surface area contributed by atoms with E-state index in [-0.39, 0.29) is 30.4 Å². The Morgan fingerprint density at radius 1 is 0.964 bits per heavy atom. The van der Waals surface area contributed by atoms with E-state index in [1.54, 1.807) is 11.8 Å². The van der Waals surface area contributed by atoms with E-state index in [4.69, 9.17) is 4.74 Å². The molecule has 1 aliphatic heterocycles. The molecule has 7 nitrogen and oxygen atoms in total. The molecule has 3 rings (SSSR count). The summed E-state index contributed by atoms with van der Waals surface area (Å²) in [5.41, 5.74) is 0.955. The lowest BCUT2D eigenvalue weighted by Crippen LogP contribution is -2.52. The number of nitrogens with zero attached hydrogens (tertiary/aromatic N) is 2. The molecule has 0 radical (unpaired) electrons. The molecule has 1 N–H and O–H groups in total. The molecule has 0 atom stereocenters. The zero-order valence-electron chi connectivity index (χ0n) is 16.4. The van der Waals surface area contributed by atoms with E-state index >= 15 is 0 Å². The van der Waals surface area contributed by atoms with Crippen LogP contribution in [0.5, 0.6) is 0 Å². The van der Waals surface area contributed by atoms with Crippen LogP contribution in [0.1, 0.15) is 38.2 Å². The Morgan fingerprint density at radius 2 is 1.57 bits per heavy atom. The molecule has 152 valence electrons. The fourth-order valence-electron chi connectivity index (χ4n) is 3.92. The van der Waals surface area contributed by atoms with Crippen molar-refractivity contribution < 1.29 is 19.1 Å². The van der Waals surface area contributed by atoms with Gasteiger partial charge in [0.05, 0.1) is 0 Å². The Labute approximate surface area is 166 Å². The van der Waals surface area contributed by atoms with Crippen LogP contribution >= 0.6 is 0 Å². The highest BCUT2D eigenvalue weighted by atomic mass is 16.5. The highest BCUT2D eigenvalue weighted by Crippen LogP contribution is 2.26. The van der Waals surface area contributed by atoms with Gasteiger partial charge in [0, 0.05) is 45.1 Å². The van der Waals surface area contributed by atoms with Crippen molar-refractivity contribution in [2.24, 2.45) is 5.92 Å². The van der Waals surface area contributed by atoms with Gasteiger partial charge in [-0.25, -0.2) is 4.79 Å². The summed E-state index contributed by atoms with van der Waals surface area (Å²) in [5.74, 6) is 0.272. The quantitative estimate of drug-likeness (QED) is 0.859. The van der Waals surface area contributed by atoms with Crippen molar-refractivity contribution >= 4 is 17.9 Å². The second kappa shape index (κ2) is 9.57. The Kier molecular flexibility index (Phi) is 6.90. The van der Waals surface area contributed by atoms with Crippen LogP contribution < -0.4 is 5.32 Å². The number of carbonyl (C=O) groups excluding carboxylic acids is 3. The molecule has 1 saturated heterocycles. The molecule has 0 bridgehead atoms. The molecule has 2 aliphatic rings. The predicted molar refractivity (Wildman–Crippen MR) is 104 cm³/mol. The van der Waals surface area contributed by atoms with E-state index in [1.807, 2.05) is 35.2 Å². The van der Waals surface area contributed by atoms with Crippen LogP contribution in [-0.4, -0.2) is 59.9 Å². The predicted octanol–water partition coefficient (Wildman–Crippen LogP) is 2.16. The molecule has 1 heterocycles. The average Bonchev–Trinajstić information content (AvgIpc) is 2.73.